The summed E-state index contributed by atoms with van der Waals surface area (Å²) in [5, 5.41) is 0. The Morgan fingerprint density at radius 3 is 2.35 bits per heavy atom. The Morgan fingerprint density at radius 1 is 0.800 bits per heavy atom. The largest absolute Gasteiger partial charge is 0.493 e. The van der Waals surface area contributed by atoms with Crippen molar-refractivity contribution in [2.75, 3.05) is 6.61 Å². The van der Waals surface area contributed by atoms with Gasteiger partial charge in [0.2, 0.25) is 0 Å². The molecule has 0 aliphatic heterocycles. The molecule has 106 valence electrons. The third-order valence-electron chi connectivity index (χ3n) is 3.48. The molecule has 0 spiro atoms. The second-order valence-corrected chi connectivity index (χ2v) is 5.15. The minimum Gasteiger partial charge on any atom is -0.493 e. The summed E-state index contributed by atoms with van der Waals surface area (Å²) in [6, 6.07) is 19.1. The van der Waals surface area contributed by atoms with Crippen LogP contribution in [-0.4, -0.2) is 6.61 Å². The normalized spacial score (nSPS) is 10.4. The lowest BCUT2D eigenvalue weighted by Crippen LogP contribution is -2.00. The lowest BCUT2D eigenvalue weighted by Gasteiger charge is -2.11. The molecule has 2 rings (SSSR count). The Morgan fingerprint density at radius 2 is 1.55 bits per heavy atom. The van der Waals surface area contributed by atoms with Gasteiger partial charge in [-0.3, -0.25) is 0 Å². The standard InChI is InChI=1S/C19H24O/c1-2-3-16-20-19-15-8-7-13-18(19)14-9-12-17-10-5-4-6-11-17/h4-8,10-11,13,15H,2-3,9,12,14,16H2,1H3. The van der Waals surface area contributed by atoms with E-state index in [9.17, 15) is 0 Å². The van der Waals surface area contributed by atoms with E-state index in [0.29, 0.717) is 0 Å². The maximum absolute atomic E-state index is 5.88. The fourth-order valence-electron chi connectivity index (χ4n) is 2.31. The van der Waals surface area contributed by atoms with Gasteiger partial charge >= 0.3 is 0 Å². The quantitative estimate of drug-likeness (QED) is 0.609. The molecular weight excluding hydrogens is 244 g/mol. The summed E-state index contributed by atoms with van der Waals surface area (Å²) in [4.78, 5) is 0. The topological polar surface area (TPSA) is 9.23 Å². The molecule has 0 aromatic heterocycles. The third-order valence-corrected chi connectivity index (χ3v) is 3.48. The van der Waals surface area contributed by atoms with E-state index in [0.717, 1.165) is 38.0 Å². The lowest BCUT2D eigenvalue weighted by molar-refractivity contribution is 0.306. The average Bonchev–Trinajstić information content (AvgIpc) is 2.50. The van der Waals surface area contributed by atoms with Crippen LogP contribution in [0.25, 0.3) is 0 Å². The number of para-hydroxylation sites is 1. The van der Waals surface area contributed by atoms with Gasteiger partial charge in [-0.1, -0.05) is 61.9 Å². The minimum atomic E-state index is 0.826. The summed E-state index contributed by atoms with van der Waals surface area (Å²) in [6.07, 6.45) is 5.67. The molecule has 0 atom stereocenters. The molecule has 1 nitrogen and oxygen atoms in total. The van der Waals surface area contributed by atoms with Crippen LogP contribution in [0.1, 0.15) is 37.3 Å². The minimum absolute atomic E-state index is 0.826. The molecule has 20 heavy (non-hydrogen) atoms. The first-order valence-corrected chi connectivity index (χ1v) is 7.65. The Labute approximate surface area is 122 Å². The van der Waals surface area contributed by atoms with Gasteiger partial charge in [0, 0.05) is 0 Å². The highest BCUT2D eigenvalue weighted by Gasteiger charge is 2.03. The Hall–Kier alpha value is -1.76. The van der Waals surface area contributed by atoms with Crippen molar-refractivity contribution in [3.8, 4) is 5.75 Å². The lowest BCUT2D eigenvalue weighted by atomic mass is 10.0. The van der Waals surface area contributed by atoms with Crippen LogP contribution in [-0.2, 0) is 12.8 Å². The molecule has 2 aromatic carbocycles. The number of ether oxygens (including phenoxy) is 1. The van der Waals surface area contributed by atoms with Gasteiger partial charge in [-0.05, 0) is 42.9 Å². The molecule has 0 radical (unpaired) electrons. The second-order valence-electron chi connectivity index (χ2n) is 5.15. The van der Waals surface area contributed by atoms with Crippen LogP contribution in [0.2, 0.25) is 0 Å². The van der Waals surface area contributed by atoms with Crippen LogP contribution in [0.4, 0.5) is 0 Å². The summed E-state index contributed by atoms with van der Waals surface area (Å²) >= 11 is 0. The smallest absolute Gasteiger partial charge is 0.122 e. The van der Waals surface area contributed by atoms with Crippen molar-refractivity contribution in [3.05, 3.63) is 65.7 Å². The zero-order chi connectivity index (χ0) is 14.0. The maximum Gasteiger partial charge on any atom is 0.122 e. The SMILES string of the molecule is CCCCOc1ccccc1CCCc1ccccc1. The van der Waals surface area contributed by atoms with Gasteiger partial charge < -0.3 is 4.74 Å². The molecule has 0 aliphatic carbocycles. The zero-order valence-electron chi connectivity index (χ0n) is 12.3. The molecule has 0 aliphatic rings. The van der Waals surface area contributed by atoms with E-state index in [2.05, 4.69) is 61.5 Å². The van der Waals surface area contributed by atoms with Crippen LogP contribution in [0.3, 0.4) is 0 Å². The van der Waals surface area contributed by atoms with Gasteiger partial charge in [0.25, 0.3) is 0 Å². The van der Waals surface area contributed by atoms with E-state index in [4.69, 9.17) is 4.74 Å². The third kappa shape index (κ3) is 4.73. The predicted molar refractivity (Wildman–Crippen MR) is 85.3 cm³/mol. The molecule has 1 heteroatoms. The molecule has 0 saturated heterocycles. The predicted octanol–water partition coefficient (Wildman–Crippen LogP) is 5.04. The van der Waals surface area contributed by atoms with E-state index in [1.165, 1.54) is 17.5 Å². The van der Waals surface area contributed by atoms with Crippen molar-refractivity contribution in [1.29, 1.82) is 0 Å². The van der Waals surface area contributed by atoms with Crippen molar-refractivity contribution < 1.29 is 4.74 Å². The first kappa shape index (κ1) is 14.6. The van der Waals surface area contributed by atoms with E-state index < -0.39 is 0 Å². The molecule has 0 bridgehead atoms. The summed E-state index contributed by atoms with van der Waals surface area (Å²) in [5.41, 5.74) is 2.75. The zero-order valence-corrected chi connectivity index (χ0v) is 12.3. The van der Waals surface area contributed by atoms with Gasteiger partial charge in [-0.2, -0.15) is 0 Å². The van der Waals surface area contributed by atoms with Crippen LogP contribution in [0.15, 0.2) is 54.6 Å². The molecule has 0 saturated carbocycles. The van der Waals surface area contributed by atoms with Crippen molar-refractivity contribution >= 4 is 0 Å². The van der Waals surface area contributed by atoms with Crippen LogP contribution >= 0.6 is 0 Å². The molecule has 0 unspecified atom stereocenters. The van der Waals surface area contributed by atoms with Gasteiger partial charge in [0.1, 0.15) is 5.75 Å². The summed E-state index contributed by atoms with van der Waals surface area (Å²) in [6.45, 7) is 3.02. The molecule has 0 amide bonds. The number of unbranched alkanes of at least 4 members (excludes halogenated alkanes) is 1. The van der Waals surface area contributed by atoms with Gasteiger partial charge in [-0.15, -0.1) is 0 Å². The Balaban J connectivity index is 1.85. The molecular formula is C19H24O. The van der Waals surface area contributed by atoms with Crippen LogP contribution < -0.4 is 4.74 Å². The summed E-state index contributed by atoms with van der Waals surface area (Å²) < 4.78 is 5.88. The number of aryl methyl sites for hydroxylation is 2. The maximum atomic E-state index is 5.88. The van der Waals surface area contributed by atoms with Crippen molar-refractivity contribution in [2.45, 2.75) is 39.0 Å². The summed E-state index contributed by atoms with van der Waals surface area (Å²) in [7, 11) is 0. The second kappa shape index (κ2) is 8.42. The molecule has 2 aromatic rings. The van der Waals surface area contributed by atoms with Crippen molar-refractivity contribution in [1.82, 2.24) is 0 Å². The van der Waals surface area contributed by atoms with Crippen molar-refractivity contribution in [2.24, 2.45) is 0 Å². The number of hydrogen-bond donors (Lipinski definition) is 0. The number of hydrogen-bond acceptors (Lipinski definition) is 1. The van der Waals surface area contributed by atoms with E-state index in [-0.39, 0.29) is 0 Å². The molecule has 0 N–H and O–H groups in total. The van der Waals surface area contributed by atoms with E-state index >= 15 is 0 Å². The summed E-state index contributed by atoms with van der Waals surface area (Å²) in [5.74, 6) is 1.06. The Bertz CT molecular complexity index is 490. The first-order valence-electron chi connectivity index (χ1n) is 7.65. The molecule has 0 fully saturated rings. The average molecular weight is 268 g/mol. The van der Waals surface area contributed by atoms with Gasteiger partial charge in [0.05, 0.1) is 6.61 Å². The van der Waals surface area contributed by atoms with Crippen LogP contribution in [0.5, 0.6) is 5.75 Å². The monoisotopic (exact) mass is 268 g/mol. The number of benzene rings is 2. The van der Waals surface area contributed by atoms with Crippen molar-refractivity contribution in [3.63, 3.8) is 0 Å². The fraction of sp³-hybridized carbons (Fsp3) is 0.368. The van der Waals surface area contributed by atoms with Gasteiger partial charge in [0.15, 0.2) is 0 Å². The highest BCUT2D eigenvalue weighted by atomic mass is 16.5. The molecule has 0 heterocycles. The van der Waals surface area contributed by atoms with E-state index in [1.54, 1.807) is 0 Å². The van der Waals surface area contributed by atoms with Crippen LogP contribution in [0, 0.1) is 0 Å². The first-order chi connectivity index (χ1) is 9.90. The highest BCUT2D eigenvalue weighted by Crippen LogP contribution is 2.20. The number of rotatable bonds is 8. The Kier molecular flexibility index (Phi) is 6.16. The van der Waals surface area contributed by atoms with Gasteiger partial charge in [-0.25, -0.2) is 0 Å². The van der Waals surface area contributed by atoms with E-state index in [1.807, 2.05) is 0 Å². The fourth-order valence-corrected chi connectivity index (χ4v) is 2.31. The highest BCUT2D eigenvalue weighted by molar-refractivity contribution is 5.33.